The van der Waals surface area contributed by atoms with E-state index in [-0.39, 0.29) is 11.6 Å². The first-order valence-electron chi connectivity index (χ1n) is 5.12. The van der Waals surface area contributed by atoms with E-state index in [1.54, 1.807) is 25.3 Å². The number of hydrogen-bond acceptors (Lipinski definition) is 3. The minimum atomic E-state index is -1.02. The van der Waals surface area contributed by atoms with Crippen molar-refractivity contribution in [2.24, 2.45) is 10.4 Å². The Morgan fingerprint density at radius 1 is 1.53 bits per heavy atom. The molecule has 17 heavy (non-hydrogen) atoms. The highest BCUT2D eigenvalue weighted by atomic mass is 35.5. The summed E-state index contributed by atoms with van der Waals surface area (Å²) < 4.78 is 0. The van der Waals surface area contributed by atoms with Crippen molar-refractivity contribution in [3.05, 3.63) is 41.3 Å². The van der Waals surface area contributed by atoms with Crippen LogP contribution in [0.4, 0.5) is 0 Å². The summed E-state index contributed by atoms with van der Waals surface area (Å²) in [6.07, 6.45) is 3.39. The van der Waals surface area contributed by atoms with Gasteiger partial charge in [-0.25, -0.2) is 4.99 Å². The van der Waals surface area contributed by atoms with E-state index in [0.29, 0.717) is 11.4 Å². The fraction of sp³-hybridized carbons (Fsp3) is 0.250. The third-order valence-electron chi connectivity index (χ3n) is 2.66. The van der Waals surface area contributed by atoms with Gasteiger partial charge in [0.15, 0.2) is 0 Å². The highest BCUT2D eigenvalue weighted by molar-refractivity contribution is 6.31. The summed E-state index contributed by atoms with van der Waals surface area (Å²) in [5.74, 6) is -0.918. The van der Waals surface area contributed by atoms with Crippen molar-refractivity contribution in [2.75, 3.05) is 0 Å². The summed E-state index contributed by atoms with van der Waals surface area (Å²) in [4.78, 5) is 19.5. The maximum absolute atomic E-state index is 11.2. The monoisotopic (exact) mass is 250 g/mol. The molecule has 1 aliphatic rings. The van der Waals surface area contributed by atoms with Gasteiger partial charge in [0.1, 0.15) is 5.16 Å². The minimum absolute atomic E-state index is 0.196. The van der Waals surface area contributed by atoms with Crippen LogP contribution in [0, 0.1) is 5.41 Å². The molecule has 1 unspecified atom stereocenters. The molecule has 1 N–H and O–H groups in total. The van der Waals surface area contributed by atoms with Crippen LogP contribution < -0.4 is 0 Å². The number of carboxylic acids is 1. The predicted molar refractivity (Wildman–Crippen MR) is 65.1 cm³/mol. The second-order valence-corrected chi connectivity index (χ2v) is 4.53. The Hall–Kier alpha value is -1.68. The van der Waals surface area contributed by atoms with Crippen molar-refractivity contribution in [1.82, 2.24) is 4.98 Å². The average molecular weight is 251 g/mol. The number of halogens is 1. The lowest BCUT2D eigenvalue weighted by atomic mass is 9.82. The first-order chi connectivity index (χ1) is 8.01. The number of pyridine rings is 1. The molecule has 1 aliphatic heterocycles. The smallest absolute Gasteiger partial charge is 0.313 e. The molecule has 1 aromatic heterocycles. The van der Waals surface area contributed by atoms with E-state index >= 15 is 0 Å². The number of nitrogens with zero attached hydrogens (tertiary/aromatic N) is 2. The highest BCUT2D eigenvalue weighted by Gasteiger charge is 2.36. The van der Waals surface area contributed by atoms with Crippen LogP contribution in [-0.2, 0) is 4.79 Å². The van der Waals surface area contributed by atoms with Gasteiger partial charge in [0, 0.05) is 12.6 Å². The number of carboxylic acid groups (broad SMARTS) is 1. The Morgan fingerprint density at radius 2 is 2.29 bits per heavy atom. The van der Waals surface area contributed by atoms with E-state index in [4.69, 9.17) is 11.6 Å². The molecule has 0 radical (unpaired) electrons. The van der Waals surface area contributed by atoms with E-state index in [1.807, 2.05) is 6.07 Å². The van der Waals surface area contributed by atoms with Crippen LogP contribution in [0.15, 0.2) is 40.6 Å². The lowest BCUT2D eigenvalue weighted by Crippen LogP contribution is -2.31. The number of aliphatic imine (C=N–C) groups is 1. The van der Waals surface area contributed by atoms with E-state index in [1.165, 1.54) is 6.08 Å². The van der Waals surface area contributed by atoms with Gasteiger partial charge in [-0.05, 0) is 25.1 Å². The van der Waals surface area contributed by atoms with Gasteiger partial charge in [-0.15, -0.1) is 0 Å². The maximum Gasteiger partial charge on any atom is 0.313 e. The standard InChI is InChI=1S/C12H11ClN2O2/c1-12(11(16)17)6-9(15-10(13)7-12)8-4-2-3-5-14-8/h2-5,7H,6H2,1H3,(H,16,17). The molecule has 0 aromatic carbocycles. The molecule has 1 aromatic rings. The number of hydrogen-bond donors (Lipinski definition) is 1. The number of rotatable bonds is 2. The Bertz CT molecular complexity index is 510. The van der Waals surface area contributed by atoms with Crippen LogP contribution in [0.25, 0.3) is 0 Å². The molecule has 1 atom stereocenters. The van der Waals surface area contributed by atoms with Gasteiger partial charge in [-0.2, -0.15) is 0 Å². The number of aromatic nitrogens is 1. The Labute approximate surface area is 104 Å². The average Bonchev–Trinajstić information content (AvgIpc) is 2.29. The fourth-order valence-electron chi connectivity index (χ4n) is 1.68. The summed E-state index contributed by atoms with van der Waals surface area (Å²) in [7, 11) is 0. The maximum atomic E-state index is 11.2. The molecule has 2 heterocycles. The van der Waals surface area contributed by atoms with Crippen molar-refractivity contribution in [2.45, 2.75) is 13.3 Å². The summed E-state index contributed by atoms with van der Waals surface area (Å²) in [5, 5.41) is 9.40. The van der Waals surface area contributed by atoms with Gasteiger partial charge in [-0.1, -0.05) is 17.7 Å². The lowest BCUT2D eigenvalue weighted by Gasteiger charge is -2.25. The molecule has 0 bridgehead atoms. The van der Waals surface area contributed by atoms with Crippen LogP contribution in [0.3, 0.4) is 0 Å². The van der Waals surface area contributed by atoms with Gasteiger partial charge in [0.2, 0.25) is 0 Å². The molecule has 5 heteroatoms. The third-order valence-corrected chi connectivity index (χ3v) is 2.86. The zero-order chi connectivity index (χ0) is 12.5. The number of aliphatic carboxylic acids is 1. The first kappa shape index (κ1) is 11.8. The second-order valence-electron chi connectivity index (χ2n) is 4.14. The largest absolute Gasteiger partial charge is 0.481 e. The third kappa shape index (κ3) is 2.36. The fourth-order valence-corrected chi connectivity index (χ4v) is 2.02. The molecule has 0 saturated heterocycles. The van der Waals surface area contributed by atoms with E-state index in [2.05, 4.69) is 9.98 Å². The summed E-state index contributed by atoms with van der Waals surface area (Å²) in [6.45, 7) is 1.62. The van der Waals surface area contributed by atoms with Crippen LogP contribution in [-0.4, -0.2) is 21.8 Å². The van der Waals surface area contributed by atoms with Gasteiger partial charge in [0.25, 0.3) is 0 Å². The van der Waals surface area contributed by atoms with Gasteiger partial charge >= 0.3 is 5.97 Å². The molecule has 4 nitrogen and oxygen atoms in total. The van der Waals surface area contributed by atoms with Crippen molar-refractivity contribution >= 4 is 23.3 Å². The van der Waals surface area contributed by atoms with Crippen LogP contribution >= 0.6 is 11.6 Å². The minimum Gasteiger partial charge on any atom is -0.481 e. The summed E-state index contributed by atoms with van der Waals surface area (Å²) in [5.41, 5.74) is 0.236. The Kier molecular flexibility index (Phi) is 2.98. The molecule has 0 aliphatic carbocycles. The molecular formula is C12H11ClN2O2. The topological polar surface area (TPSA) is 62.5 Å². The van der Waals surface area contributed by atoms with Crippen molar-refractivity contribution in [1.29, 1.82) is 0 Å². The molecule has 0 saturated carbocycles. The second kappa shape index (κ2) is 4.30. The molecular weight excluding hydrogens is 240 g/mol. The Morgan fingerprint density at radius 3 is 2.88 bits per heavy atom. The summed E-state index contributed by atoms with van der Waals surface area (Å²) in [6, 6.07) is 5.41. The molecule has 0 fully saturated rings. The first-order valence-corrected chi connectivity index (χ1v) is 5.50. The predicted octanol–water partition coefficient (Wildman–Crippen LogP) is 2.45. The normalized spacial score (nSPS) is 23.9. The van der Waals surface area contributed by atoms with E-state index < -0.39 is 11.4 Å². The lowest BCUT2D eigenvalue weighted by molar-refractivity contribution is -0.144. The van der Waals surface area contributed by atoms with Crippen LogP contribution in [0.1, 0.15) is 19.0 Å². The SMILES string of the molecule is CC1(C(=O)O)C=C(Cl)N=C(c2ccccn2)C1. The molecule has 0 amide bonds. The quantitative estimate of drug-likeness (QED) is 0.820. The molecule has 88 valence electrons. The zero-order valence-electron chi connectivity index (χ0n) is 9.22. The summed E-state index contributed by atoms with van der Waals surface area (Å²) >= 11 is 5.87. The van der Waals surface area contributed by atoms with Crippen LogP contribution in [0.5, 0.6) is 0 Å². The van der Waals surface area contributed by atoms with Crippen LogP contribution in [0.2, 0.25) is 0 Å². The molecule has 2 rings (SSSR count). The van der Waals surface area contributed by atoms with E-state index in [0.717, 1.165) is 0 Å². The molecule has 0 spiro atoms. The van der Waals surface area contributed by atoms with Gasteiger partial charge < -0.3 is 5.11 Å². The highest BCUT2D eigenvalue weighted by Crippen LogP contribution is 2.33. The van der Waals surface area contributed by atoms with Gasteiger partial charge in [-0.3, -0.25) is 9.78 Å². The number of carbonyl (C=O) groups is 1. The Balaban J connectivity index is 2.40. The van der Waals surface area contributed by atoms with E-state index in [9.17, 15) is 9.90 Å². The van der Waals surface area contributed by atoms with Gasteiger partial charge in [0.05, 0.1) is 16.8 Å². The zero-order valence-corrected chi connectivity index (χ0v) is 9.98. The van der Waals surface area contributed by atoms with Crippen molar-refractivity contribution < 1.29 is 9.90 Å². The van der Waals surface area contributed by atoms with Crippen molar-refractivity contribution in [3.8, 4) is 0 Å². The van der Waals surface area contributed by atoms with Crippen molar-refractivity contribution in [3.63, 3.8) is 0 Å².